The fourth-order valence-corrected chi connectivity index (χ4v) is 4.62. The molecule has 2 unspecified atom stereocenters. The normalized spacial score (nSPS) is 17.4. The van der Waals surface area contributed by atoms with Crippen LogP contribution in [0.4, 0.5) is 14.9 Å². The molecule has 1 fully saturated rings. The molecule has 1 saturated heterocycles. The lowest BCUT2D eigenvalue weighted by Crippen LogP contribution is -2.50. The van der Waals surface area contributed by atoms with Crippen molar-refractivity contribution in [3.05, 3.63) is 94.2 Å². The Bertz CT molecular complexity index is 1340. The second-order valence-corrected chi connectivity index (χ2v) is 9.98. The number of aliphatic hydroxyl groups excluding tert-OH is 2. The Kier molecular flexibility index (Phi) is 8.95. The van der Waals surface area contributed by atoms with Gasteiger partial charge in [-0.05, 0) is 41.5 Å². The molecule has 0 spiro atoms. The molecule has 1 heterocycles. The fourth-order valence-electron chi connectivity index (χ4n) is 4.29. The Labute approximate surface area is 232 Å². The zero-order valence-corrected chi connectivity index (χ0v) is 22.5. The lowest BCUT2D eigenvalue weighted by molar-refractivity contribution is -0.134. The molecule has 0 bridgehead atoms. The summed E-state index contributed by atoms with van der Waals surface area (Å²) in [6.07, 6.45) is -1.03. The van der Waals surface area contributed by atoms with E-state index in [1.807, 2.05) is 6.07 Å². The van der Waals surface area contributed by atoms with Crippen molar-refractivity contribution in [1.82, 2.24) is 10.2 Å². The van der Waals surface area contributed by atoms with Crippen LogP contribution in [0.3, 0.4) is 0 Å². The average molecular weight is 600 g/mol. The number of anilines is 1. The Hall–Kier alpha value is -3.80. The molecule has 1 aliphatic heterocycles. The molecule has 4 atom stereocenters. The van der Waals surface area contributed by atoms with Crippen LogP contribution in [-0.4, -0.2) is 58.3 Å². The van der Waals surface area contributed by atoms with Crippen LogP contribution >= 0.6 is 15.9 Å². The molecular weight excluding hydrogens is 573 g/mol. The highest BCUT2D eigenvalue weighted by Gasteiger charge is 2.47. The zero-order valence-electron chi connectivity index (χ0n) is 20.9. The summed E-state index contributed by atoms with van der Waals surface area (Å²) in [5, 5.41) is 23.5. The summed E-state index contributed by atoms with van der Waals surface area (Å²) in [7, 11) is 0. The van der Waals surface area contributed by atoms with Crippen molar-refractivity contribution in [2.75, 3.05) is 18.5 Å². The predicted octanol–water partition coefficient (Wildman–Crippen LogP) is 3.72. The summed E-state index contributed by atoms with van der Waals surface area (Å²) >= 11 is 3.18. The van der Waals surface area contributed by atoms with Gasteiger partial charge in [0, 0.05) is 10.4 Å². The SMILES string of the molecule is C[C@@H](c1ccccc1)[C@@H](C(=O)Nc1ccc(Br)cc1F)N1C(=O)NC(c2ccc(OCC(O)CO)cc2)C1=O. The van der Waals surface area contributed by atoms with Crippen LogP contribution in [0.1, 0.15) is 30.0 Å². The van der Waals surface area contributed by atoms with Crippen LogP contribution < -0.4 is 15.4 Å². The summed E-state index contributed by atoms with van der Waals surface area (Å²) in [6.45, 7) is 1.16. The lowest BCUT2D eigenvalue weighted by atomic mass is 9.91. The molecule has 9 nitrogen and oxygen atoms in total. The summed E-state index contributed by atoms with van der Waals surface area (Å²) in [4.78, 5) is 41.2. The highest BCUT2D eigenvalue weighted by Crippen LogP contribution is 2.32. The Morgan fingerprint density at radius 1 is 1.13 bits per heavy atom. The lowest BCUT2D eigenvalue weighted by Gasteiger charge is -2.30. The predicted molar refractivity (Wildman–Crippen MR) is 145 cm³/mol. The molecule has 4 amide bonds. The van der Waals surface area contributed by atoms with Gasteiger partial charge in [0.2, 0.25) is 5.91 Å². The third kappa shape index (κ3) is 6.44. The van der Waals surface area contributed by atoms with E-state index in [2.05, 4.69) is 26.6 Å². The van der Waals surface area contributed by atoms with Gasteiger partial charge >= 0.3 is 6.03 Å². The number of benzene rings is 3. The molecule has 4 N–H and O–H groups in total. The molecular formula is C28H27BrFN3O6. The monoisotopic (exact) mass is 599 g/mol. The largest absolute Gasteiger partial charge is 0.491 e. The number of urea groups is 1. The quantitative estimate of drug-likeness (QED) is 0.263. The van der Waals surface area contributed by atoms with Crippen LogP contribution in [0.2, 0.25) is 0 Å². The van der Waals surface area contributed by atoms with E-state index in [4.69, 9.17) is 9.84 Å². The van der Waals surface area contributed by atoms with Crippen LogP contribution in [0, 0.1) is 5.82 Å². The van der Waals surface area contributed by atoms with Gasteiger partial charge < -0.3 is 25.6 Å². The van der Waals surface area contributed by atoms with Crippen LogP contribution in [-0.2, 0) is 9.59 Å². The van der Waals surface area contributed by atoms with Crippen molar-refractivity contribution in [3.8, 4) is 5.75 Å². The zero-order chi connectivity index (χ0) is 28.1. The van der Waals surface area contributed by atoms with Crippen molar-refractivity contribution in [3.63, 3.8) is 0 Å². The summed E-state index contributed by atoms with van der Waals surface area (Å²) < 4.78 is 20.4. The first-order valence-corrected chi connectivity index (χ1v) is 12.9. The molecule has 0 saturated carbocycles. The minimum atomic E-state index is -1.28. The number of amides is 4. The Morgan fingerprint density at radius 2 is 1.82 bits per heavy atom. The Balaban J connectivity index is 1.60. The second kappa shape index (κ2) is 12.4. The van der Waals surface area contributed by atoms with E-state index < -0.39 is 54.4 Å². The minimum Gasteiger partial charge on any atom is -0.491 e. The fraction of sp³-hybridized carbons (Fsp3) is 0.250. The number of nitrogens with one attached hydrogen (secondary N) is 2. The standard InChI is InChI=1S/C28H27BrFN3O6/c1-16(17-5-3-2-4-6-17)25(26(36)31-23-12-9-19(29)13-22(23)30)33-27(37)24(32-28(33)38)18-7-10-21(11-8-18)39-15-20(35)14-34/h2-13,16,20,24-25,34-35H,14-15H2,1H3,(H,31,36)(H,32,38)/t16-,20?,24?,25-/m0/s1. The van der Waals surface area contributed by atoms with Crippen molar-refractivity contribution >= 4 is 39.5 Å². The smallest absolute Gasteiger partial charge is 0.325 e. The molecule has 3 aromatic rings. The highest BCUT2D eigenvalue weighted by atomic mass is 79.9. The van der Waals surface area contributed by atoms with Crippen LogP contribution in [0.15, 0.2) is 77.3 Å². The van der Waals surface area contributed by atoms with E-state index in [9.17, 15) is 23.9 Å². The van der Waals surface area contributed by atoms with Crippen molar-refractivity contribution in [2.45, 2.75) is 31.0 Å². The minimum absolute atomic E-state index is 0.0843. The van der Waals surface area contributed by atoms with Gasteiger partial charge in [-0.1, -0.05) is 65.3 Å². The van der Waals surface area contributed by atoms with E-state index in [1.54, 1.807) is 61.5 Å². The third-order valence-electron chi connectivity index (χ3n) is 6.37. The molecule has 204 valence electrons. The molecule has 39 heavy (non-hydrogen) atoms. The number of hydrogen-bond donors (Lipinski definition) is 4. The van der Waals surface area contributed by atoms with Crippen LogP contribution in [0.5, 0.6) is 5.75 Å². The van der Waals surface area contributed by atoms with E-state index >= 15 is 0 Å². The first-order chi connectivity index (χ1) is 18.7. The number of imide groups is 1. The number of carbonyl (C=O) groups excluding carboxylic acids is 3. The van der Waals surface area contributed by atoms with Gasteiger partial charge in [0.1, 0.15) is 36.4 Å². The molecule has 1 aliphatic rings. The molecule has 4 rings (SSSR count). The van der Waals surface area contributed by atoms with Gasteiger partial charge in [0.05, 0.1) is 12.3 Å². The Morgan fingerprint density at radius 3 is 2.46 bits per heavy atom. The number of rotatable bonds is 10. The number of aliphatic hydroxyl groups is 2. The van der Waals surface area contributed by atoms with Crippen LogP contribution in [0.25, 0.3) is 0 Å². The van der Waals surface area contributed by atoms with Gasteiger partial charge in [0.15, 0.2) is 0 Å². The summed E-state index contributed by atoms with van der Waals surface area (Å²) in [6, 6.07) is 16.3. The molecule has 0 radical (unpaired) electrons. The second-order valence-electron chi connectivity index (χ2n) is 9.06. The first kappa shape index (κ1) is 28.2. The van der Waals surface area contributed by atoms with Crippen molar-refractivity contribution in [1.29, 1.82) is 0 Å². The number of nitrogens with zero attached hydrogens (tertiary/aromatic N) is 1. The molecule has 3 aromatic carbocycles. The van der Waals surface area contributed by atoms with E-state index in [-0.39, 0.29) is 12.3 Å². The maximum Gasteiger partial charge on any atom is 0.325 e. The third-order valence-corrected chi connectivity index (χ3v) is 6.87. The summed E-state index contributed by atoms with van der Waals surface area (Å²) in [5.74, 6) is -2.25. The molecule has 0 aliphatic carbocycles. The highest BCUT2D eigenvalue weighted by molar-refractivity contribution is 9.10. The average Bonchev–Trinajstić information content (AvgIpc) is 3.23. The van der Waals surface area contributed by atoms with E-state index in [0.717, 1.165) is 4.90 Å². The van der Waals surface area contributed by atoms with Gasteiger partial charge in [-0.2, -0.15) is 0 Å². The topological polar surface area (TPSA) is 128 Å². The molecule has 0 aromatic heterocycles. The van der Waals surface area contributed by atoms with E-state index in [0.29, 0.717) is 21.3 Å². The number of hydrogen-bond acceptors (Lipinski definition) is 6. The number of ether oxygens (including phenoxy) is 1. The number of halogens is 2. The van der Waals surface area contributed by atoms with Gasteiger partial charge in [-0.15, -0.1) is 0 Å². The van der Waals surface area contributed by atoms with Gasteiger partial charge in [-0.3, -0.25) is 9.59 Å². The first-order valence-electron chi connectivity index (χ1n) is 12.2. The van der Waals surface area contributed by atoms with Gasteiger partial charge in [-0.25, -0.2) is 14.1 Å². The number of carbonyl (C=O) groups is 3. The maximum absolute atomic E-state index is 14.5. The molecule has 11 heteroatoms. The maximum atomic E-state index is 14.5. The van der Waals surface area contributed by atoms with Gasteiger partial charge in [0.25, 0.3) is 5.91 Å². The summed E-state index contributed by atoms with van der Waals surface area (Å²) in [5.41, 5.74) is 1.08. The van der Waals surface area contributed by atoms with Crippen molar-refractivity contribution < 1.29 is 33.7 Å². The van der Waals surface area contributed by atoms with Crippen molar-refractivity contribution in [2.24, 2.45) is 0 Å². The van der Waals surface area contributed by atoms with E-state index in [1.165, 1.54) is 12.1 Å².